The zero-order valence-corrected chi connectivity index (χ0v) is 11.5. The number of benzene rings is 1. The molecular formula is C14H14F2N2O3. The summed E-state index contributed by atoms with van der Waals surface area (Å²) in [5, 5.41) is 16.2. The lowest BCUT2D eigenvalue weighted by Crippen LogP contribution is -2.39. The van der Waals surface area contributed by atoms with Gasteiger partial charge in [-0.3, -0.25) is 4.79 Å². The second-order valence-electron chi connectivity index (χ2n) is 4.91. The second kappa shape index (κ2) is 5.61. The normalized spacial score (nSPS) is 13.8. The molecule has 1 aromatic carbocycles. The number of aryl methyl sites for hydroxylation is 1. The van der Waals surface area contributed by atoms with E-state index in [4.69, 9.17) is 4.52 Å². The van der Waals surface area contributed by atoms with Gasteiger partial charge in [-0.2, -0.15) is 0 Å². The molecular weight excluding hydrogens is 282 g/mol. The highest BCUT2D eigenvalue weighted by molar-refractivity contribution is 5.91. The number of amides is 1. The molecule has 2 aromatic rings. The highest BCUT2D eigenvalue weighted by atomic mass is 19.1. The summed E-state index contributed by atoms with van der Waals surface area (Å²) >= 11 is 0. The number of aromatic nitrogens is 1. The Morgan fingerprint density at radius 2 is 2.14 bits per heavy atom. The van der Waals surface area contributed by atoms with E-state index in [1.54, 1.807) is 6.92 Å². The number of aliphatic hydroxyl groups is 1. The SMILES string of the molecule is Cc1cc(C(=O)NCC(C)(O)c2ccc(F)cc2F)on1. The van der Waals surface area contributed by atoms with Crippen LogP contribution >= 0.6 is 0 Å². The van der Waals surface area contributed by atoms with E-state index in [-0.39, 0.29) is 17.9 Å². The maximum Gasteiger partial charge on any atom is 0.290 e. The fourth-order valence-electron chi connectivity index (χ4n) is 1.83. The summed E-state index contributed by atoms with van der Waals surface area (Å²) in [6.45, 7) is 2.70. The lowest BCUT2D eigenvalue weighted by molar-refractivity contribution is 0.0485. The Labute approximate surface area is 119 Å². The Bertz CT molecular complexity index is 668. The van der Waals surface area contributed by atoms with Crippen LogP contribution in [0.25, 0.3) is 0 Å². The van der Waals surface area contributed by atoms with Crippen LogP contribution in [0.3, 0.4) is 0 Å². The van der Waals surface area contributed by atoms with Gasteiger partial charge in [0.15, 0.2) is 0 Å². The third-order valence-electron chi connectivity index (χ3n) is 2.96. The Hall–Kier alpha value is -2.28. The van der Waals surface area contributed by atoms with Crippen molar-refractivity contribution in [2.45, 2.75) is 19.4 Å². The number of nitrogens with zero attached hydrogens (tertiary/aromatic N) is 1. The first-order chi connectivity index (χ1) is 9.79. The molecule has 5 nitrogen and oxygen atoms in total. The summed E-state index contributed by atoms with van der Waals surface area (Å²) < 4.78 is 31.3. The maximum absolute atomic E-state index is 13.7. The van der Waals surface area contributed by atoms with Crippen molar-refractivity contribution in [3.63, 3.8) is 0 Å². The molecule has 7 heteroatoms. The largest absolute Gasteiger partial charge is 0.383 e. The van der Waals surface area contributed by atoms with E-state index < -0.39 is 23.1 Å². The lowest BCUT2D eigenvalue weighted by Gasteiger charge is -2.24. The van der Waals surface area contributed by atoms with Crippen LogP contribution < -0.4 is 5.32 Å². The van der Waals surface area contributed by atoms with E-state index >= 15 is 0 Å². The predicted molar refractivity (Wildman–Crippen MR) is 69.5 cm³/mol. The maximum atomic E-state index is 13.7. The van der Waals surface area contributed by atoms with Crippen LogP contribution in [0.2, 0.25) is 0 Å². The fourth-order valence-corrected chi connectivity index (χ4v) is 1.83. The van der Waals surface area contributed by atoms with Crippen molar-refractivity contribution in [1.82, 2.24) is 10.5 Å². The number of rotatable bonds is 4. The first-order valence-electron chi connectivity index (χ1n) is 6.19. The monoisotopic (exact) mass is 296 g/mol. The molecule has 112 valence electrons. The summed E-state index contributed by atoms with van der Waals surface area (Å²) in [7, 11) is 0. The number of hydrogen-bond donors (Lipinski definition) is 2. The summed E-state index contributed by atoms with van der Waals surface area (Å²) in [5.41, 5.74) is -1.27. The number of hydrogen-bond acceptors (Lipinski definition) is 4. The quantitative estimate of drug-likeness (QED) is 0.903. The molecule has 21 heavy (non-hydrogen) atoms. The zero-order valence-electron chi connectivity index (χ0n) is 11.5. The van der Waals surface area contributed by atoms with Gasteiger partial charge in [-0.25, -0.2) is 8.78 Å². The van der Waals surface area contributed by atoms with Gasteiger partial charge >= 0.3 is 0 Å². The molecule has 2 rings (SSSR count). The van der Waals surface area contributed by atoms with Gasteiger partial charge in [-0.1, -0.05) is 11.2 Å². The molecule has 0 aliphatic rings. The Morgan fingerprint density at radius 3 is 2.71 bits per heavy atom. The van der Waals surface area contributed by atoms with E-state index in [2.05, 4.69) is 10.5 Å². The van der Waals surface area contributed by atoms with Crippen molar-refractivity contribution in [3.05, 3.63) is 52.9 Å². The third kappa shape index (κ3) is 3.43. The molecule has 1 heterocycles. The van der Waals surface area contributed by atoms with Gasteiger partial charge in [0.25, 0.3) is 5.91 Å². The highest BCUT2D eigenvalue weighted by Crippen LogP contribution is 2.23. The van der Waals surface area contributed by atoms with E-state index in [0.29, 0.717) is 11.8 Å². The molecule has 1 amide bonds. The molecule has 2 N–H and O–H groups in total. The van der Waals surface area contributed by atoms with Crippen molar-refractivity contribution in [3.8, 4) is 0 Å². The summed E-state index contributed by atoms with van der Waals surface area (Å²) in [6, 6.07) is 4.28. The average molecular weight is 296 g/mol. The minimum Gasteiger partial charge on any atom is -0.383 e. The zero-order chi connectivity index (χ0) is 15.6. The van der Waals surface area contributed by atoms with E-state index in [1.165, 1.54) is 13.0 Å². The predicted octanol–water partition coefficient (Wildman–Crippen LogP) is 1.90. The third-order valence-corrected chi connectivity index (χ3v) is 2.96. The van der Waals surface area contributed by atoms with Crippen molar-refractivity contribution in [2.24, 2.45) is 0 Å². The van der Waals surface area contributed by atoms with Gasteiger partial charge in [-0.05, 0) is 19.9 Å². The molecule has 0 saturated carbocycles. The molecule has 0 saturated heterocycles. The number of nitrogens with one attached hydrogen (secondary N) is 1. The molecule has 0 radical (unpaired) electrons. The molecule has 0 spiro atoms. The molecule has 0 fully saturated rings. The van der Waals surface area contributed by atoms with E-state index in [0.717, 1.165) is 12.1 Å². The van der Waals surface area contributed by atoms with Gasteiger partial charge < -0.3 is 14.9 Å². The van der Waals surface area contributed by atoms with Gasteiger partial charge in [0, 0.05) is 17.7 Å². The van der Waals surface area contributed by atoms with Crippen LogP contribution in [0, 0.1) is 18.6 Å². The highest BCUT2D eigenvalue weighted by Gasteiger charge is 2.28. The van der Waals surface area contributed by atoms with Crippen molar-refractivity contribution in [1.29, 1.82) is 0 Å². The summed E-state index contributed by atoms with van der Waals surface area (Å²) in [6.07, 6.45) is 0. The second-order valence-corrected chi connectivity index (χ2v) is 4.91. The van der Waals surface area contributed by atoms with Gasteiger partial charge in [-0.15, -0.1) is 0 Å². The van der Waals surface area contributed by atoms with Crippen LogP contribution in [-0.2, 0) is 5.60 Å². The smallest absolute Gasteiger partial charge is 0.290 e. The van der Waals surface area contributed by atoms with Crippen LogP contribution in [0.5, 0.6) is 0 Å². The average Bonchev–Trinajstić information content (AvgIpc) is 2.82. The van der Waals surface area contributed by atoms with Crippen LogP contribution in [0.15, 0.2) is 28.8 Å². The molecule has 1 atom stereocenters. The molecule has 0 aliphatic carbocycles. The van der Waals surface area contributed by atoms with Gasteiger partial charge in [0.1, 0.15) is 17.2 Å². The van der Waals surface area contributed by atoms with E-state index in [9.17, 15) is 18.7 Å². The summed E-state index contributed by atoms with van der Waals surface area (Å²) in [4.78, 5) is 11.8. The summed E-state index contributed by atoms with van der Waals surface area (Å²) in [5.74, 6) is -2.22. The number of halogens is 2. The Kier molecular flexibility index (Phi) is 4.04. The fraction of sp³-hybridized carbons (Fsp3) is 0.286. The number of carbonyl (C=O) groups is 1. The number of carbonyl (C=O) groups excluding carboxylic acids is 1. The van der Waals surface area contributed by atoms with E-state index in [1.807, 2.05) is 0 Å². The van der Waals surface area contributed by atoms with Crippen LogP contribution in [0.4, 0.5) is 8.78 Å². The van der Waals surface area contributed by atoms with Crippen molar-refractivity contribution >= 4 is 5.91 Å². The van der Waals surface area contributed by atoms with Crippen LogP contribution in [-0.4, -0.2) is 22.7 Å². The lowest BCUT2D eigenvalue weighted by atomic mass is 9.95. The minimum atomic E-state index is -1.69. The van der Waals surface area contributed by atoms with Gasteiger partial charge in [0.2, 0.25) is 5.76 Å². The molecule has 1 unspecified atom stereocenters. The minimum absolute atomic E-state index is 0.0112. The van der Waals surface area contributed by atoms with Gasteiger partial charge in [0.05, 0.1) is 12.2 Å². The van der Waals surface area contributed by atoms with Crippen molar-refractivity contribution in [2.75, 3.05) is 6.54 Å². The molecule has 1 aromatic heterocycles. The Morgan fingerprint density at radius 1 is 1.43 bits per heavy atom. The van der Waals surface area contributed by atoms with Crippen molar-refractivity contribution < 1.29 is 23.2 Å². The Balaban J connectivity index is 2.09. The first-order valence-corrected chi connectivity index (χ1v) is 6.19. The standard InChI is InChI=1S/C14H14F2N2O3/c1-8-5-12(21-18-8)13(19)17-7-14(2,20)10-4-3-9(15)6-11(10)16/h3-6,20H,7H2,1-2H3,(H,17,19). The molecule has 0 aliphatic heterocycles. The molecule has 0 bridgehead atoms. The first kappa shape index (κ1) is 15.1. The topological polar surface area (TPSA) is 75.4 Å². The van der Waals surface area contributed by atoms with Crippen LogP contribution in [0.1, 0.15) is 28.7 Å².